The smallest absolute Gasteiger partial charge is 0.210 e. The van der Waals surface area contributed by atoms with Crippen molar-refractivity contribution in [2.75, 3.05) is 5.32 Å². The largest absolute Gasteiger partial charge is 0.330 e. The van der Waals surface area contributed by atoms with Gasteiger partial charge >= 0.3 is 0 Å². The lowest BCUT2D eigenvalue weighted by molar-refractivity contribution is 1.01. The summed E-state index contributed by atoms with van der Waals surface area (Å²) in [6.45, 7) is 0. The van der Waals surface area contributed by atoms with Crippen LogP contribution < -0.4 is 5.32 Å². The molecule has 22 heavy (non-hydrogen) atoms. The van der Waals surface area contributed by atoms with Crippen LogP contribution in [0.4, 0.5) is 10.8 Å². The maximum absolute atomic E-state index is 9.09. The fraction of sp³-hybridized carbons (Fsp3) is 0.0625. The molecule has 0 aliphatic rings. The Labute approximate surface area is 136 Å². The van der Waals surface area contributed by atoms with Gasteiger partial charge in [0.05, 0.1) is 11.6 Å². The first kappa shape index (κ1) is 14.6. The van der Waals surface area contributed by atoms with E-state index in [1.165, 1.54) is 11.3 Å². The molecule has 0 radical (unpaired) electrons. The molecular formula is C16H12N4S2. The molecule has 1 aromatic heterocycles. The highest BCUT2D eigenvalue weighted by atomic mass is 32.2. The zero-order valence-corrected chi connectivity index (χ0v) is 13.2. The van der Waals surface area contributed by atoms with Gasteiger partial charge in [-0.15, -0.1) is 10.2 Å². The number of para-hydroxylation sites is 1. The molecule has 108 valence electrons. The Bertz CT molecular complexity index is 793. The summed E-state index contributed by atoms with van der Waals surface area (Å²) in [6.07, 6.45) is 0. The van der Waals surface area contributed by atoms with E-state index >= 15 is 0 Å². The van der Waals surface area contributed by atoms with Gasteiger partial charge in [0.2, 0.25) is 5.13 Å². The van der Waals surface area contributed by atoms with Gasteiger partial charge in [0.1, 0.15) is 0 Å². The maximum Gasteiger partial charge on any atom is 0.210 e. The van der Waals surface area contributed by atoms with Crippen LogP contribution in [-0.2, 0) is 5.75 Å². The summed E-state index contributed by atoms with van der Waals surface area (Å²) in [5.74, 6) is 0.712. The molecule has 0 spiro atoms. The predicted octanol–water partition coefficient (Wildman–Crippen LogP) is 4.45. The fourth-order valence-electron chi connectivity index (χ4n) is 1.86. The number of nitrogens with one attached hydrogen (secondary N) is 1. The molecule has 0 aliphatic heterocycles. The van der Waals surface area contributed by atoms with E-state index in [0.717, 1.165) is 20.7 Å². The quantitative estimate of drug-likeness (QED) is 0.703. The van der Waals surface area contributed by atoms with Crippen LogP contribution >= 0.6 is 23.1 Å². The van der Waals surface area contributed by atoms with E-state index in [-0.39, 0.29) is 0 Å². The molecular weight excluding hydrogens is 312 g/mol. The summed E-state index contributed by atoms with van der Waals surface area (Å²) in [7, 11) is 0. The molecule has 0 aliphatic carbocycles. The lowest BCUT2D eigenvalue weighted by Gasteiger charge is -2.01. The zero-order valence-electron chi connectivity index (χ0n) is 11.6. The predicted molar refractivity (Wildman–Crippen MR) is 90.4 cm³/mol. The highest BCUT2D eigenvalue weighted by Gasteiger charge is 2.07. The molecule has 3 rings (SSSR count). The summed E-state index contributed by atoms with van der Waals surface area (Å²) in [4.78, 5) is 0. The number of thioether (sulfide) groups is 1. The third-order valence-electron chi connectivity index (χ3n) is 2.92. The normalized spacial score (nSPS) is 10.1. The minimum absolute atomic E-state index is 0.710. The maximum atomic E-state index is 9.09. The van der Waals surface area contributed by atoms with Crippen molar-refractivity contribution in [1.82, 2.24) is 10.2 Å². The van der Waals surface area contributed by atoms with Crippen LogP contribution in [0.1, 0.15) is 11.1 Å². The second-order valence-electron chi connectivity index (χ2n) is 4.42. The van der Waals surface area contributed by atoms with Crippen molar-refractivity contribution >= 4 is 33.9 Å². The van der Waals surface area contributed by atoms with E-state index in [9.17, 15) is 0 Å². The number of hydrogen-bond acceptors (Lipinski definition) is 6. The van der Waals surface area contributed by atoms with Gasteiger partial charge in [0.25, 0.3) is 0 Å². The number of aromatic nitrogens is 2. The molecule has 0 fully saturated rings. The minimum atomic E-state index is 0.710. The van der Waals surface area contributed by atoms with Gasteiger partial charge in [-0.05, 0) is 23.8 Å². The van der Waals surface area contributed by atoms with Gasteiger partial charge in [-0.25, -0.2) is 0 Å². The number of nitrogens with zero attached hydrogens (tertiary/aromatic N) is 3. The van der Waals surface area contributed by atoms with E-state index in [1.54, 1.807) is 11.8 Å². The topological polar surface area (TPSA) is 61.6 Å². The van der Waals surface area contributed by atoms with E-state index in [2.05, 4.69) is 21.6 Å². The average Bonchev–Trinajstić information content (AvgIpc) is 3.01. The Balaban J connectivity index is 1.64. The van der Waals surface area contributed by atoms with Crippen LogP contribution in [0.5, 0.6) is 0 Å². The molecule has 4 nitrogen and oxygen atoms in total. The number of nitriles is 1. The molecule has 6 heteroatoms. The van der Waals surface area contributed by atoms with Gasteiger partial charge in [0, 0.05) is 11.4 Å². The van der Waals surface area contributed by atoms with Gasteiger partial charge in [-0.1, -0.05) is 59.5 Å². The van der Waals surface area contributed by atoms with Crippen molar-refractivity contribution in [2.24, 2.45) is 0 Å². The highest BCUT2D eigenvalue weighted by molar-refractivity contribution is 8.00. The molecule has 0 atom stereocenters. The first-order valence-electron chi connectivity index (χ1n) is 6.61. The third kappa shape index (κ3) is 3.64. The molecule has 0 unspecified atom stereocenters. The molecule has 0 saturated carbocycles. The van der Waals surface area contributed by atoms with Gasteiger partial charge < -0.3 is 5.32 Å². The third-order valence-corrected chi connectivity index (χ3v) is 4.94. The molecule has 1 heterocycles. The molecule has 0 amide bonds. The summed E-state index contributed by atoms with van der Waals surface area (Å²) in [6, 6.07) is 19.7. The Morgan fingerprint density at radius 2 is 1.82 bits per heavy atom. The first-order valence-corrected chi connectivity index (χ1v) is 8.42. The second kappa shape index (κ2) is 7.07. The van der Waals surface area contributed by atoms with Crippen LogP contribution in [0.25, 0.3) is 0 Å². The standard InChI is InChI=1S/C16H12N4S2/c17-10-12-6-4-5-7-13(12)11-21-16-20-19-15(22-16)18-14-8-2-1-3-9-14/h1-9H,11H2,(H,18,19). The first-order chi connectivity index (χ1) is 10.8. The Hall–Kier alpha value is -2.36. The van der Waals surface area contributed by atoms with Crippen LogP contribution in [0.2, 0.25) is 0 Å². The minimum Gasteiger partial charge on any atom is -0.330 e. The Kier molecular flexibility index (Phi) is 4.68. The molecule has 3 aromatic rings. The van der Waals surface area contributed by atoms with Crippen molar-refractivity contribution in [3.8, 4) is 6.07 Å². The monoisotopic (exact) mass is 324 g/mol. The van der Waals surface area contributed by atoms with Crippen molar-refractivity contribution in [2.45, 2.75) is 10.1 Å². The van der Waals surface area contributed by atoms with Crippen LogP contribution in [0.15, 0.2) is 58.9 Å². The Morgan fingerprint density at radius 1 is 1.05 bits per heavy atom. The summed E-state index contributed by atoms with van der Waals surface area (Å²) < 4.78 is 0.881. The van der Waals surface area contributed by atoms with E-state index in [4.69, 9.17) is 5.26 Å². The molecule has 1 N–H and O–H groups in total. The van der Waals surface area contributed by atoms with Crippen LogP contribution in [-0.4, -0.2) is 10.2 Å². The lowest BCUT2D eigenvalue weighted by Crippen LogP contribution is -1.87. The number of anilines is 2. The lowest BCUT2D eigenvalue weighted by atomic mass is 10.1. The number of benzene rings is 2. The van der Waals surface area contributed by atoms with Gasteiger partial charge in [-0.3, -0.25) is 0 Å². The molecule has 0 saturated heterocycles. The summed E-state index contributed by atoms with van der Waals surface area (Å²) >= 11 is 3.10. The zero-order chi connectivity index (χ0) is 15.2. The second-order valence-corrected chi connectivity index (χ2v) is 6.62. The van der Waals surface area contributed by atoms with Crippen molar-refractivity contribution in [1.29, 1.82) is 5.26 Å². The van der Waals surface area contributed by atoms with E-state index in [0.29, 0.717) is 11.3 Å². The highest BCUT2D eigenvalue weighted by Crippen LogP contribution is 2.30. The van der Waals surface area contributed by atoms with Crippen molar-refractivity contribution in [3.63, 3.8) is 0 Å². The Morgan fingerprint density at radius 3 is 2.64 bits per heavy atom. The van der Waals surface area contributed by atoms with Crippen LogP contribution in [0, 0.1) is 11.3 Å². The number of hydrogen-bond donors (Lipinski definition) is 1. The number of rotatable bonds is 5. The van der Waals surface area contributed by atoms with Gasteiger partial charge in [-0.2, -0.15) is 5.26 Å². The van der Waals surface area contributed by atoms with E-state index < -0.39 is 0 Å². The summed E-state index contributed by atoms with van der Waals surface area (Å²) in [5, 5.41) is 21.4. The summed E-state index contributed by atoms with van der Waals surface area (Å²) in [5.41, 5.74) is 2.72. The molecule has 2 aromatic carbocycles. The SMILES string of the molecule is N#Cc1ccccc1CSc1nnc(Nc2ccccc2)s1. The van der Waals surface area contributed by atoms with E-state index in [1.807, 2.05) is 54.6 Å². The van der Waals surface area contributed by atoms with Gasteiger partial charge in [0.15, 0.2) is 4.34 Å². The van der Waals surface area contributed by atoms with Crippen LogP contribution in [0.3, 0.4) is 0 Å². The van der Waals surface area contributed by atoms with Crippen molar-refractivity contribution < 1.29 is 0 Å². The fourth-order valence-corrected chi connectivity index (χ4v) is 3.63. The molecule has 0 bridgehead atoms. The van der Waals surface area contributed by atoms with Crippen molar-refractivity contribution in [3.05, 3.63) is 65.7 Å². The average molecular weight is 324 g/mol.